The molecule has 118 valence electrons. The van der Waals surface area contributed by atoms with Crippen molar-refractivity contribution in [2.75, 3.05) is 25.9 Å². The van der Waals surface area contributed by atoms with Crippen LogP contribution >= 0.6 is 0 Å². The zero-order chi connectivity index (χ0) is 16.2. The number of carbonyl (C=O) groups excluding carboxylic acids is 1. The van der Waals surface area contributed by atoms with Gasteiger partial charge in [-0.3, -0.25) is 4.79 Å². The molecule has 0 radical (unpaired) electrons. The van der Waals surface area contributed by atoms with Crippen LogP contribution in [0.1, 0.15) is 24.5 Å². The van der Waals surface area contributed by atoms with E-state index in [1.165, 1.54) is 7.05 Å². The maximum Gasteiger partial charge on any atom is 0.307 e. The van der Waals surface area contributed by atoms with Crippen LogP contribution in [-0.2, 0) is 19.6 Å². The van der Waals surface area contributed by atoms with Crippen molar-refractivity contribution in [3.05, 3.63) is 23.3 Å². The van der Waals surface area contributed by atoms with E-state index in [4.69, 9.17) is 10.5 Å². The third-order valence-corrected chi connectivity index (χ3v) is 5.37. The molecule has 0 spiro atoms. The number of sulfonamides is 1. The molecule has 1 aromatic carbocycles. The summed E-state index contributed by atoms with van der Waals surface area (Å²) in [6.07, 6.45) is 0.00827. The van der Waals surface area contributed by atoms with Crippen LogP contribution in [0.5, 0.6) is 0 Å². The van der Waals surface area contributed by atoms with Crippen LogP contribution < -0.4 is 5.73 Å². The standard InChI is InChI=1S/C14H22N2O4S/c1-5-20-13(17)8-9-16(4)21(18,19)14-11(3)10(2)6-7-12(14)15/h6-7H,5,8-9,15H2,1-4H3. The molecule has 6 nitrogen and oxygen atoms in total. The minimum atomic E-state index is -3.73. The minimum absolute atomic E-state index is 0.00827. The minimum Gasteiger partial charge on any atom is -0.466 e. The largest absolute Gasteiger partial charge is 0.466 e. The second-order valence-corrected chi connectivity index (χ2v) is 6.79. The number of nitrogens with zero attached hydrogens (tertiary/aromatic N) is 1. The molecule has 0 bridgehead atoms. The maximum absolute atomic E-state index is 12.6. The molecule has 7 heteroatoms. The first-order valence-corrected chi connectivity index (χ1v) is 8.13. The fourth-order valence-corrected chi connectivity index (χ4v) is 3.47. The lowest BCUT2D eigenvalue weighted by Gasteiger charge is -2.20. The van der Waals surface area contributed by atoms with Crippen molar-refractivity contribution in [3.8, 4) is 0 Å². The summed E-state index contributed by atoms with van der Waals surface area (Å²) in [5.41, 5.74) is 7.50. The van der Waals surface area contributed by atoms with Gasteiger partial charge in [-0.1, -0.05) is 6.07 Å². The maximum atomic E-state index is 12.6. The van der Waals surface area contributed by atoms with E-state index in [-0.39, 0.29) is 30.2 Å². The van der Waals surface area contributed by atoms with Gasteiger partial charge >= 0.3 is 5.97 Å². The molecule has 0 saturated carbocycles. The van der Waals surface area contributed by atoms with E-state index in [1.54, 1.807) is 26.0 Å². The number of nitrogens with two attached hydrogens (primary N) is 1. The van der Waals surface area contributed by atoms with Crippen LogP contribution in [0.3, 0.4) is 0 Å². The Balaban J connectivity index is 3.01. The van der Waals surface area contributed by atoms with Crippen molar-refractivity contribution in [2.24, 2.45) is 0 Å². The number of hydrogen-bond acceptors (Lipinski definition) is 5. The van der Waals surface area contributed by atoms with Gasteiger partial charge in [0.05, 0.1) is 18.7 Å². The van der Waals surface area contributed by atoms with E-state index in [0.29, 0.717) is 5.56 Å². The van der Waals surface area contributed by atoms with Crippen LogP contribution in [-0.4, -0.2) is 38.9 Å². The van der Waals surface area contributed by atoms with Crippen LogP contribution in [0.15, 0.2) is 17.0 Å². The van der Waals surface area contributed by atoms with Gasteiger partial charge in [0.25, 0.3) is 0 Å². The van der Waals surface area contributed by atoms with Gasteiger partial charge in [-0.25, -0.2) is 12.7 Å². The first-order valence-electron chi connectivity index (χ1n) is 6.69. The van der Waals surface area contributed by atoms with Crippen molar-refractivity contribution in [1.29, 1.82) is 0 Å². The van der Waals surface area contributed by atoms with Gasteiger partial charge in [0, 0.05) is 13.6 Å². The van der Waals surface area contributed by atoms with Crippen LogP contribution in [0, 0.1) is 13.8 Å². The molecule has 0 aromatic heterocycles. The van der Waals surface area contributed by atoms with E-state index in [0.717, 1.165) is 9.87 Å². The van der Waals surface area contributed by atoms with E-state index < -0.39 is 16.0 Å². The van der Waals surface area contributed by atoms with Crippen molar-refractivity contribution in [2.45, 2.75) is 32.1 Å². The number of aryl methyl sites for hydroxylation is 1. The Morgan fingerprint density at radius 3 is 2.52 bits per heavy atom. The number of rotatable bonds is 6. The number of hydrogen-bond donors (Lipinski definition) is 1. The molecule has 1 aromatic rings. The number of esters is 1. The van der Waals surface area contributed by atoms with Gasteiger partial charge in [0.1, 0.15) is 4.90 Å². The number of nitrogen functional groups attached to an aromatic ring is 1. The van der Waals surface area contributed by atoms with Gasteiger partial charge < -0.3 is 10.5 Å². The summed E-state index contributed by atoms with van der Waals surface area (Å²) >= 11 is 0. The van der Waals surface area contributed by atoms with Gasteiger partial charge in [-0.05, 0) is 38.0 Å². The third-order valence-electron chi connectivity index (χ3n) is 3.31. The van der Waals surface area contributed by atoms with Crippen molar-refractivity contribution in [3.63, 3.8) is 0 Å². The highest BCUT2D eigenvalue weighted by Crippen LogP contribution is 2.27. The van der Waals surface area contributed by atoms with Crippen molar-refractivity contribution in [1.82, 2.24) is 4.31 Å². The molecule has 0 aliphatic rings. The summed E-state index contributed by atoms with van der Waals surface area (Å²) in [7, 11) is -2.31. The molecular weight excluding hydrogens is 292 g/mol. The lowest BCUT2D eigenvalue weighted by atomic mass is 10.1. The normalized spacial score (nSPS) is 11.7. The van der Waals surface area contributed by atoms with Gasteiger partial charge in [-0.2, -0.15) is 0 Å². The Morgan fingerprint density at radius 1 is 1.33 bits per heavy atom. The number of benzene rings is 1. The van der Waals surface area contributed by atoms with Crippen LogP contribution in [0.4, 0.5) is 5.69 Å². The van der Waals surface area contributed by atoms with E-state index in [9.17, 15) is 13.2 Å². The second kappa shape index (κ2) is 6.91. The molecule has 0 aliphatic heterocycles. The van der Waals surface area contributed by atoms with E-state index in [2.05, 4.69) is 0 Å². The van der Waals surface area contributed by atoms with E-state index in [1.807, 2.05) is 6.92 Å². The SMILES string of the molecule is CCOC(=O)CCN(C)S(=O)(=O)c1c(N)ccc(C)c1C. The quantitative estimate of drug-likeness (QED) is 0.634. The summed E-state index contributed by atoms with van der Waals surface area (Å²) < 4.78 is 31.1. The Kier molecular flexibility index (Phi) is 5.74. The van der Waals surface area contributed by atoms with Gasteiger partial charge in [-0.15, -0.1) is 0 Å². The predicted molar refractivity (Wildman–Crippen MR) is 81.4 cm³/mol. The highest BCUT2D eigenvalue weighted by molar-refractivity contribution is 7.89. The zero-order valence-corrected chi connectivity index (χ0v) is 13.7. The lowest BCUT2D eigenvalue weighted by Crippen LogP contribution is -2.30. The van der Waals surface area contributed by atoms with Crippen molar-refractivity contribution >= 4 is 21.7 Å². The fraction of sp³-hybridized carbons (Fsp3) is 0.500. The molecule has 0 fully saturated rings. The average molecular weight is 314 g/mol. The summed E-state index contributed by atoms with van der Waals surface area (Å²) in [5, 5.41) is 0. The number of carbonyl (C=O) groups is 1. The number of ether oxygens (including phenoxy) is 1. The summed E-state index contributed by atoms with van der Waals surface area (Å²) in [6.45, 7) is 5.58. The summed E-state index contributed by atoms with van der Waals surface area (Å²) in [5.74, 6) is -0.423. The Labute approximate surface area is 125 Å². The highest BCUT2D eigenvalue weighted by Gasteiger charge is 2.26. The van der Waals surface area contributed by atoms with E-state index >= 15 is 0 Å². The predicted octanol–water partition coefficient (Wildman–Crippen LogP) is 1.46. The Hall–Kier alpha value is -1.60. The molecule has 2 N–H and O–H groups in total. The third kappa shape index (κ3) is 3.95. The monoisotopic (exact) mass is 314 g/mol. The average Bonchev–Trinajstić information content (AvgIpc) is 2.40. The molecule has 0 aliphatic carbocycles. The molecule has 0 saturated heterocycles. The molecule has 1 rings (SSSR count). The molecule has 0 amide bonds. The molecular formula is C14H22N2O4S. The molecule has 0 unspecified atom stereocenters. The van der Waals surface area contributed by atoms with Gasteiger partial charge in [0.2, 0.25) is 10.0 Å². The lowest BCUT2D eigenvalue weighted by molar-refractivity contribution is -0.143. The van der Waals surface area contributed by atoms with Gasteiger partial charge in [0.15, 0.2) is 0 Å². The summed E-state index contributed by atoms with van der Waals surface area (Å²) in [4.78, 5) is 11.4. The molecule has 21 heavy (non-hydrogen) atoms. The Bertz CT molecular complexity index is 626. The highest BCUT2D eigenvalue weighted by atomic mass is 32.2. The molecule has 0 heterocycles. The zero-order valence-electron chi connectivity index (χ0n) is 12.8. The molecule has 0 atom stereocenters. The first kappa shape index (κ1) is 17.5. The second-order valence-electron chi connectivity index (χ2n) is 4.81. The smallest absolute Gasteiger partial charge is 0.307 e. The topological polar surface area (TPSA) is 89.7 Å². The summed E-state index contributed by atoms with van der Waals surface area (Å²) in [6, 6.07) is 3.36. The van der Waals surface area contributed by atoms with Crippen LogP contribution in [0.25, 0.3) is 0 Å². The first-order chi connectivity index (χ1) is 9.71. The number of anilines is 1. The van der Waals surface area contributed by atoms with Crippen molar-refractivity contribution < 1.29 is 17.9 Å². The van der Waals surface area contributed by atoms with Crippen LogP contribution in [0.2, 0.25) is 0 Å². The fourth-order valence-electron chi connectivity index (χ4n) is 1.91. The Morgan fingerprint density at radius 2 is 1.95 bits per heavy atom.